The van der Waals surface area contributed by atoms with Crippen LogP contribution < -0.4 is 5.73 Å². The summed E-state index contributed by atoms with van der Waals surface area (Å²) >= 11 is 0. The molecule has 0 aliphatic rings. The number of nitrogens with two attached hydrogens (primary N) is 1. The molecule has 13 heavy (non-hydrogen) atoms. The van der Waals surface area contributed by atoms with Crippen molar-refractivity contribution in [2.75, 3.05) is 40.4 Å². The summed E-state index contributed by atoms with van der Waals surface area (Å²) in [6, 6.07) is 0. The second kappa shape index (κ2) is 6.35. The summed E-state index contributed by atoms with van der Waals surface area (Å²) in [5, 5.41) is 0. The molecule has 1 atom stereocenters. The fourth-order valence-corrected chi connectivity index (χ4v) is 1.30. The van der Waals surface area contributed by atoms with Crippen LogP contribution in [0.1, 0.15) is 20.3 Å². The first-order valence-corrected chi connectivity index (χ1v) is 4.95. The van der Waals surface area contributed by atoms with Crippen LogP contribution in [0.15, 0.2) is 0 Å². The summed E-state index contributed by atoms with van der Waals surface area (Å²) in [5.74, 6) is 0. The van der Waals surface area contributed by atoms with Gasteiger partial charge in [0.1, 0.15) is 0 Å². The second-order valence-corrected chi connectivity index (χ2v) is 4.10. The van der Waals surface area contributed by atoms with Gasteiger partial charge in [0, 0.05) is 20.2 Å². The van der Waals surface area contributed by atoms with Gasteiger partial charge in [-0.15, -0.1) is 0 Å². The van der Waals surface area contributed by atoms with Gasteiger partial charge in [0.2, 0.25) is 0 Å². The van der Waals surface area contributed by atoms with Gasteiger partial charge in [-0.3, -0.25) is 0 Å². The molecule has 0 aliphatic heterocycles. The number of likely N-dealkylation sites (N-methyl/N-ethyl adjacent to an activating group) is 1. The Labute approximate surface area is 82.2 Å². The Morgan fingerprint density at radius 3 is 2.46 bits per heavy atom. The van der Waals surface area contributed by atoms with Gasteiger partial charge >= 0.3 is 0 Å². The number of hydrogen-bond donors (Lipinski definition) is 1. The van der Waals surface area contributed by atoms with Crippen LogP contribution in [0, 0.1) is 5.41 Å². The largest absolute Gasteiger partial charge is 0.383 e. The SMILES string of the molecule is CCC(C)(CN)CN(C)CCOC. The molecular formula is C10H24N2O. The van der Waals surface area contributed by atoms with E-state index in [4.69, 9.17) is 10.5 Å². The Bertz CT molecular complexity index is 124. The minimum atomic E-state index is 0.252. The fourth-order valence-electron chi connectivity index (χ4n) is 1.30. The van der Waals surface area contributed by atoms with E-state index in [1.165, 1.54) is 0 Å². The molecule has 0 radical (unpaired) electrons. The van der Waals surface area contributed by atoms with Gasteiger partial charge in [-0.25, -0.2) is 0 Å². The lowest BCUT2D eigenvalue weighted by molar-refractivity contribution is 0.130. The predicted octanol–water partition coefficient (Wildman–Crippen LogP) is 0.940. The summed E-state index contributed by atoms with van der Waals surface area (Å²) < 4.78 is 5.02. The molecule has 2 N–H and O–H groups in total. The zero-order valence-electron chi connectivity index (χ0n) is 9.47. The molecule has 0 aromatic heterocycles. The molecular weight excluding hydrogens is 164 g/mol. The Balaban J connectivity index is 3.79. The van der Waals surface area contributed by atoms with Gasteiger partial charge in [-0.1, -0.05) is 13.8 Å². The third kappa shape index (κ3) is 5.24. The average Bonchev–Trinajstić information content (AvgIpc) is 2.14. The molecule has 0 heterocycles. The van der Waals surface area contributed by atoms with E-state index in [0.717, 1.165) is 32.7 Å². The van der Waals surface area contributed by atoms with Crippen molar-refractivity contribution in [1.29, 1.82) is 0 Å². The monoisotopic (exact) mass is 188 g/mol. The Morgan fingerprint density at radius 2 is 2.08 bits per heavy atom. The number of rotatable bonds is 7. The summed E-state index contributed by atoms with van der Waals surface area (Å²) in [5.41, 5.74) is 5.99. The molecule has 0 aromatic carbocycles. The molecule has 1 unspecified atom stereocenters. The smallest absolute Gasteiger partial charge is 0.0589 e. The predicted molar refractivity (Wildman–Crippen MR) is 56.8 cm³/mol. The van der Waals surface area contributed by atoms with Gasteiger partial charge < -0.3 is 15.4 Å². The van der Waals surface area contributed by atoms with E-state index in [9.17, 15) is 0 Å². The van der Waals surface area contributed by atoms with Crippen molar-refractivity contribution in [1.82, 2.24) is 4.90 Å². The highest BCUT2D eigenvalue weighted by Crippen LogP contribution is 2.19. The lowest BCUT2D eigenvalue weighted by Gasteiger charge is -2.31. The van der Waals surface area contributed by atoms with Crippen molar-refractivity contribution in [3.05, 3.63) is 0 Å². The molecule has 0 saturated carbocycles. The summed E-state index contributed by atoms with van der Waals surface area (Å²) in [4.78, 5) is 2.28. The van der Waals surface area contributed by atoms with Crippen LogP contribution in [0.2, 0.25) is 0 Å². The molecule has 0 saturated heterocycles. The van der Waals surface area contributed by atoms with E-state index in [1.807, 2.05) is 0 Å². The van der Waals surface area contributed by atoms with E-state index in [-0.39, 0.29) is 5.41 Å². The molecule has 0 aliphatic carbocycles. The fraction of sp³-hybridized carbons (Fsp3) is 1.00. The number of hydrogen-bond acceptors (Lipinski definition) is 3. The summed E-state index contributed by atoms with van der Waals surface area (Å²) in [6.45, 7) is 7.99. The van der Waals surface area contributed by atoms with Gasteiger partial charge in [0.05, 0.1) is 6.61 Å². The lowest BCUT2D eigenvalue weighted by atomic mass is 9.87. The minimum absolute atomic E-state index is 0.252. The summed E-state index contributed by atoms with van der Waals surface area (Å²) in [7, 11) is 3.85. The van der Waals surface area contributed by atoms with Crippen LogP contribution in [-0.2, 0) is 4.74 Å². The zero-order valence-corrected chi connectivity index (χ0v) is 9.47. The second-order valence-electron chi connectivity index (χ2n) is 4.10. The zero-order chi connectivity index (χ0) is 10.3. The van der Waals surface area contributed by atoms with Crippen LogP contribution in [0.4, 0.5) is 0 Å². The van der Waals surface area contributed by atoms with Crippen molar-refractivity contribution in [2.45, 2.75) is 20.3 Å². The van der Waals surface area contributed by atoms with Crippen molar-refractivity contribution >= 4 is 0 Å². The van der Waals surface area contributed by atoms with Crippen LogP contribution in [0.5, 0.6) is 0 Å². The van der Waals surface area contributed by atoms with Gasteiger partial charge in [0.25, 0.3) is 0 Å². The summed E-state index contributed by atoms with van der Waals surface area (Å²) in [6.07, 6.45) is 1.13. The van der Waals surface area contributed by atoms with Gasteiger partial charge in [0.15, 0.2) is 0 Å². The van der Waals surface area contributed by atoms with E-state index in [1.54, 1.807) is 7.11 Å². The first-order chi connectivity index (χ1) is 6.08. The maximum atomic E-state index is 5.74. The molecule has 3 nitrogen and oxygen atoms in total. The Hall–Kier alpha value is -0.120. The van der Waals surface area contributed by atoms with E-state index < -0.39 is 0 Å². The maximum absolute atomic E-state index is 5.74. The molecule has 0 spiro atoms. The van der Waals surface area contributed by atoms with E-state index in [2.05, 4.69) is 25.8 Å². The number of ether oxygens (including phenoxy) is 1. The van der Waals surface area contributed by atoms with E-state index >= 15 is 0 Å². The number of nitrogens with zero attached hydrogens (tertiary/aromatic N) is 1. The van der Waals surface area contributed by atoms with Crippen molar-refractivity contribution < 1.29 is 4.74 Å². The normalized spacial score (nSPS) is 16.2. The van der Waals surface area contributed by atoms with Crippen LogP contribution in [0.25, 0.3) is 0 Å². The first-order valence-electron chi connectivity index (χ1n) is 4.95. The molecule has 0 bridgehead atoms. The quantitative estimate of drug-likeness (QED) is 0.646. The minimum Gasteiger partial charge on any atom is -0.383 e. The van der Waals surface area contributed by atoms with E-state index in [0.29, 0.717) is 0 Å². The van der Waals surface area contributed by atoms with Crippen LogP contribution >= 0.6 is 0 Å². The van der Waals surface area contributed by atoms with Crippen molar-refractivity contribution in [3.63, 3.8) is 0 Å². The highest BCUT2D eigenvalue weighted by molar-refractivity contribution is 4.76. The third-order valence-corrected chi connectivity index (χ3v) is 2.68. The lowest BCUT2D eigenvalue weighted by Crippen LogP contribution is -2.39. The standard InChI is InChI=1S/C10H24N2O/c1-5-10(2,8-11)9-12(3)6-7-13-4/h5-9,11H2,1-4H3. The van der Waals surface area contributed by atoms with Crippen molar-refractivity contribution in [3.8, 4) is 0 Å². The molecule has 3 heteroatoms. The highest BCUT2D eigenvalue weighted by atomic mass is 16.5. The molecule has 0 amide bonds. The average molecular weight is 188 g/mol. The Kier molecular flexibility index (Phi) is 6.29. The molecule has 0 fully saturated rings. The van der Waals surface area contributed by atoms with Gasteiger partial charge in [-0.05, 0) is 25.4 Å². The Morgan fingerprint density at radius 1 is 1.46 bits per heavy atom. The first kappa shape index (κ1) is 12.9. The highest BCUT2D eigenvalue weighted by Gasteiger charge is 2.21. The van der Waals surface area contributed by atoms with Gasteiger partial charge in [-0.2, -0.15) is 0 Å². The number of methoxy groups -OCH3 is 1. The maximum Gasteiger partial charge on any atom is 0.0589 e. The topological polar surface area (TPSA) is 38.5 Å². The van der Waals surface area contributed by atoms with Crippen LogP contribution in [0.3, 0.4) is 0 Å². The third-order valence-electron chi connectivity index (χ3n) is 2.68. The molecule has 0 rings (SSSR count). The van der Waals surface area contributed by atoms with Crippen LogP contribution in [-0.4, -0.2) is 45.3 Å². The molecule has 80 valence electrons. The molecule has 0 aromatic rings. The van der Waals surface area contributed by atoms with Crippen molar-refractivity contribution in [2.24, 2.45) is 11.1 Å².